The smallest absolute Gasteiger partial charge is 0.410 e. The molecule has 1 aliphatic heterocycles. The van der Waals surface area contributed by atoms with E-state index in [0.717, 1.165) is 23.0 Å². The summed E-state index contributed by atoms with van der Waals surface area (Å²) in [6, 6.07) is 10.4. The van der Waals surface area contributed by atoms with Crippen LogP contribution < -0.4 is 5.32 Å². The SMILES string of the molecule is CC(C)(C)OC(=O)N1CC[C@H](Nc2cc3ccccc3cn2)C1. The van der Waals surface area contributed by atoms with Crippen molar-refractivity contribution in [1.29, 1.82) is 0 Å². The molecule has 3 rings (SSSR count). The molecule has 0 radical (unpaired) electrons. The van der Waals surface area contributed by atoms with Crippen LogP contribution in [-0.4, -0.2) is 40.7 Å². The van der Waals surface area contributed by atoms with E-state index in [0.29, 0.717) is 13.1 Å². The lowest BCUT2D eigenvalue weighted by molar-refractivity contribution is 0.0293. The highest BCUT2D eigenvalue weighted by atomic mass is 16.6. The summed E-state index contributed by atoms with van der Waals surface area (Å²) in [5, 5.41) is 5.70. The third kappa shape index (κ3) is 3.92. The molecule has 1 N–H and O–H groups in total. The summed E-state index contributed by atoms with van der Waals surface area (Å²) in [6.07, 6.45) is 2.53. The van der Waals surface area contributed by atoms with Crippen molar-refractivity contribution >= 4 is 22.7 Å². The Labute approximate surface area is 136 Å². The predicted octanol–water partition coefficient (Wildman–Crippen LogP) is 3.66. The third-order valence-corrected chi connectivity index (χ3v) is 3.82. The van der Waals surface area contributed by atoms with Crippen LogP contribution in [0, 0.1) is 0 Å². The molecule has 0 saturated carbocycles. The number of aromatic nitrogens is 1. The maximum absolute atomic E-state index is 12.1. The molecule has 0 unspecified atom stereocenters. The maximum atomic E-state index is 12.1. The van der Waals surface area contributed by atoms with Crippen LogP contribution >= 0.6 is 0 Å². The first-order valence-electron chi connectivity index (χ1n) is 8.00. The molecule has 122 valence electrons. The standard InChI is InChI=1S/C18H23N3O2/c1-18(2,3)23-17(22)21-9-8-15(12-21)20-16-10-13-6-4-5-7-14(13)11-19-16/h4-7,10-11,15H,8-9,12H2,1-3H3,(H,19,20)/t15-/m0/s1. The summed E-state index contributed by atoms with van der Waals surface area (Å²) in [5.41, 5.74) is -0.456. The summed E-state index contributed by atoms with van der Waals surface area (Å²) < 4.78 is 5.42. The van der Waals surface area contributed by atoms with Crippen molar-refractivity contribution in [1.82, 2.24) is 9.88 Å². The summed E-state index contributed by atoms with van der Waals surface area (Å²) >= 11 is 0. The molecular formula is C18H23N3O2. The number of ether oxygens (including phenoxy) is 1. The molecule has 1 aromatic heterocycles. The monoisotopic (exact) mass is 313 g/mol. The first-order chi connectivity index (χ1) is 10.9. The number of rotatable bonds is 2. The molecule has 0 spiro atoms. The number of carbonyl (C=O) groups is 1. The molecule has 1 fully saturated rings. The quantitative estimate of drug-likeness (QED) is 0.919. The van der Waals surface area contributed by atoms with E-state index in [1.54, 1.807) is 4.90 Å². The van der Waals surface area contributed by atoms with Crippen LogP contribution in [0.15, 0.2) is 36.5 Å². The fourth-order valence-corrected chi connectivity index (χ4v) is 2.74. The van der Waals surface area contributed by atoms with Gasteiger partial charge in [-0.25, -0.2) is 9.78 Å². The number of hydrogen-bond donors (Lipinski definition) is 1. The number of fused-ring (bicyclic) bond motifs is 1. The fraction of sp³-hybridized carbons (Fsp3) is 0.444. The van der Waals surface area contributed by atoms with Crippen LogP contribution in [0.3, 0.4) is 0 Å². The maximum Gasteiger partial charge on any atom is 0.410 e. The highest BCUT2D eigenvalue weighted by Crippen LogP contribution is 2.20. The van der Waals surface area contributed by atoms with Gasteiger partial charge >= 0.3 is 6.09 Å². The van der Waals surface area contributed by atoms with E-state index in [1.165, 1.54) is 0 Å². The number of hydrogen-bond acceptors (Lipinski definition) is 4. The van der Waals surface area contributed by atoms with Crippen molar-refractivity contribution in [3.05, 3.63) is 36.5 Å². The molecular weight excluding hydrogens is 290 g/mol. The predicted molar refractivity (Wildman–Crippen MR) is 91.6 cm³/mol. The van der Waals surface area contributed by atoms with Gasteiger partial charge in [0, 0.05) is 30.7 Å². The first kappa shape index (κ1) is 15.6. The molecule has 1 saturated heterocycles. The van der Waals surface area contributed by atoms with E-state index >= 15 is 0 Å². The van der Waals surface area contributed by atoms with Crippen molar-refractivity contribution in [3.8, 4) is 0 Å². The van der Waals surface area contributed by atoms with Crippen LogP contribution in [0.1, 0.15) is 27.2 Å². The van der Waals surface area contributed by atoms with E-state index in [1.807, 2.05) is 51.2 Å². The molecule has 2 aromatic rings. The zero-order valence-electron chi connectivity index (χ0n) is 13.9. The zero-order chi connectivity index (χ0) is 16.4. The Balaban J connectivity index is 1.61. The average Bonchev–Trinajstić information content (AvgIpc) is 2.94. The normalized spacial score (nSPS) is 18.2. The van der Waals surface area contributed by atoms with E-state index in [-0.39, 0.29) is 12.1 Å². The molecule has 1 amide bonds. The van der Waals surface area contributed by atoms with E-state index in [4.69, 9.17) is 4.74 Å². The van der Waals surface area contributed by atoms with Crippen LogP contribution in [0.5, 0.6) is 0 Å². The Bertz CT molecular complexity index is 709. The largest absolute Gasteiger partial charge is 0.444 e. The van der Waals surface area contributed by atoms with E-state index < -0.39 is 5.60 Å². The number of amides is 1. The number of pyridine rings is 1. The molecule has 23 heavy (non-hydrogen) atoms. The molecule has 5 nitrogen and oxygen atoms in total. The van der Waals surface area contributed by atoms with E-state index in [9.17, 15) is 4.79 Å². The second-order valence-electron chi connectivity index (χ2n) is 6.97. The summed E-state index contributed by atoms with van der Waals surface area (Å²) in [5.74, 6) is 0.847. The minimum absolute atomic E-state index is 0.205. The number of likely N-dealkylation sites (tertiary alicyclic amines) is 1. The average molecular weight is 313 g/mol. The summed E-state index contributed by atoms with van der Waals surface area (Å²) in [4.78, 5) is 18.3. The summed E-state index contributed by atoms with van der Waals surface area (Å²) in [7, 11) is 0. The number of nitrogens with zero attached hydrogens (tertiary/aromatic N) is 2. The van der Waals surface area contributed by atoms with Gasteiger partial charge in [-0.05, 0) is 38.6 Å². The molecule has 0 bridgehead atoms. The minimum atomic E-state index is -0.456. The summed E-state index contributed by atoms with van der Waals surface area (Å²) in [6.45, 7) is 7.00. The van der Waals surface area contributed by atoms with Crippen molar-refractivity contribution in [2.45, 2.75) is 38.8 Å². The Hall–Kier alpha value is -2.30. The number of anilines is 1. The van der Waals surface area contributed by atoms with Gasteiger partial charge in [-0.2, -0.15) is 0 Å². The third-order valence-electron chi connectivity index (χ3n) is 3.82. The van der Waals surface area contributed by atoms with Gasteiger partial charge in [-0.15, -0.1) is 0 Å². The lowest BCUT2D eigenvalue weighted by Crippen LogP contribution is -2.36. The molecule has 5 heteroatoms. The lowest BCUT2D eigenvalue weighted by Gasteiger charge is -2.24. The minimum Gasteiger partial charge on any atom is -0.444 e. The zero-order valence-corrected chi connectivity index (χ0v) is 13.9. The topological polar surface area (TPSA) is 54.5 Å². The number of nitrogens with one attached hydrogen (secondary N) is 1. The van der Waals surface area contributed by atoms with Gasteiger partial charge in [0.1, 0.15) is 11.4 Å². The molecule has 1 aliphatic rings. The van der Waals surface area contributed by atoms with Crippen molar-refractivity contribution in [3.63, 3.8) is 0 Å². The van der Waals surface area contributed by atoms with Crippen molar-refractivity contribution in [2.75, 3.05) is 18.4 Å². The Kier molecular flexibility index (Phi) is 4.11. The Morgan fingerprint density at radius 3 is 2.78 bits per heavy atom. The van der Waals surface area contributed by atoms with Crippen molar-refractivity contribution < 1.29 is 9.53 Å². The highest BCUT2D eigenvalue weighted by molar-refractivity contribution is 5.83. The molecule has 1 aromatic carbocycles. The van der Waals surface area contributed by atoms with Gasteiger partial charge in [0.25, 0.3) is 0 Å². The van der Waals surface area contributed by atoms with Crippen LogP contribution in [0.25, 0.3) is 10.8 Å². The van der Waals surface area contributed by atoms with Crippen molar-refractivity contribution in [2.24, 2.45) is 0 Å². The lowest BCUT2D eigenvalue weighted by atomic mass is 10.2. The second-order valence-corrected chi connectivity index (χ2v) is 6.97. The van der Waals surface area contributed by atoms with Crippen LogP contribution in [0.4, 0.5) is 10.6 Å². The van der Waals surface area contributed by atoms with Gasteiger partial charge in [-0.1, -0.05) is 24.3 Å². The van der Waals surface area contributed by atoms with Gasteiger partial charge in [0.05, 0.1) is 0 Å². The Morgan fingerprint density at radius 1 is 1.30 bits per heavy atom. The molecule has 0 aliphatic carbocycles. The molecule has 1 atom stereocenters. The van der Waals surface area contributed by atoms with Crippen LogP contribution in [-0.2, 0) is 4.74 Å². The number of carbonyl (C=O) groups excluding carboxylic acids is 1. The highest BCUT2D eigenvalue weighted by Gasteiger charge is 2.29. The van der Waals surface area contributed by atoms with E-state index in [2.05, 4.69) is 16.4 Å². The van der Waals surface area contributed by atoms with Gasteiger partial charge in [0.2, 0.25) is 0 Å². The second kappa shape index (κ2) is 6.07. The van der Waals surface area contributed by atoms with Gasteiger partial charge in [0.15, 0.2) is 0 Å². The fourth-order valence-electron chi connectivity index (χ4n) is 2.74. The van der Waals surface area contributed by atoms with Crippen LogP contribution in [0.2, 0.25) is 0 Å². The number of benzene rings is 1. The Morgan fingerprint density at radius 2 is 2.04 bits per heavy atom. The van der Waals surface area contributed by atoms with Gasteiger partial charge < -0.3 is 15.0 Å². The molecule has 2 heterocycles. The first-order valence-corrected chi connectivity index (χ1v) is 8.00. The van der Waals surface area contributed by atoms with Gasteiger partial charge in [-0.3, -0.25) is 0 Å².